The van der Waals surface area contributed by atoms with Gasteiger partial charge in [0.25, 0.3) is 0 Å². The molecule has 0 atom stereocenters. The number of fused-ring (bicyclic) bond motifs is 2. The van der Waals surface area contributed by atoms with Crippen LogP contribution in [0, 0.1) is 0 Å². The molecule has 0 amide bonds. The van der Waals surface area contributed by atoms with Crippen molar-refractivity contribution in [3.63, 3.8) is 0 Å². The second-order valence-electron chi connectivity index (χ2n) is 5.42. The third-order valence-electron chi connectivity index (χ3n) is 3.85. The number of halogens is 1. The van der Waals surface area contributed by atoms with Crippen molar-refractivity contribution in [2.24, 2.45) is 0 Å². The maximum atomic E-state index is 6.25. The average molecular weight is 332 g/mol. The van der Waals surface area contributed by atoms with Crippen LogP contribution in [0.5, 0.6) is 0 Å². The Hall–Kier alpha value is -2.91. The molecule has 116 valence electrons. The molecular formula is C20H14ClN3. The maximum Gasteiger partial charge on any atom is 0.116 e. The molecule has 1 aromatic heterocycles. The highest BCUT2D eigenvalue weighted by Gasteiger charge is 2.05. The summed E-state index contributed by atoms with van der Waals surface area (Å²) < 4.78 is 0. The molecule has 4 aromatic rings. The molecule has 0 bridgehead atoms. The first-order valence-corrected chi connectivity index (χ1v) is 8.01. The third kappa shape index (κ3) is 2.82. The molecule has 0 unspecified atom stereocenters. The molecule has 1 heterocycles. The van der Waals surface area contributed by atoms with Crippen molar-refractivity contribution < 1.29 is 0 Å². The van der Waals surface area contributed by atoms with E-state index >= 15 is 0 Å². The minimum absolute atomic E-state index is 0.670. The van der Waals surface area contributed by atoms with Crippen molar-refractivity contribution in [2.75, 3.05) is 0 Å². The lowest BCUT2D eigenvalue weighted by molar-refractivity contribution is 1.28. The summed E-state index contributed by atoms with van der Waals surface area (Å²) >= 11 is 6.25. The first-order chi connectivity index (χ1) is 11.8. The number of para-hydroxylation sites is 2. The van der Waals surface area contributed by atoms with Crippen LogP contribution in [0.4, 0.5) is 0 Å². The normalized spacial score (nSPS) is 10.7. The molecule has 24 heavy (non-hydrogen) atoms. The summed E-state index contributed by atoms with van der Waals surface area (Å²) in [6.07, 6.45) is 1.58. The van der Waals surface area contributed by atoms with E-state index in [-0.39, 0.29) is 0 Å². The molecule has 0 aliphatic carbocycles. The van der Waals surface area contributed by atoms with Gasteiger partial charge in [-0.1, -0.05) is 54.1 Å². The number of aromatic amines is 1. The smallest absolute Gasteiger partial charge is 0.116 e. The topological polar surface area (TPSA) is 41.6 Å². The van der Waals surface area contributed by atoms with E-state index in [0.717, 1.165) is 33.2 Å². The van der Waals surface area contributed by atoms with E-state index in [1.807, 2.05) is 60.7 Å². The van der Waals surface area contributed by atoms with Gasteiger partial charge in [-0.25, -0.2) is 9.97 Å². The standard InChI is InChI=1S/C20H14ClN3/c21-15-10-11-17-16(12-15)20(14-6-2-1-3-7-14)24-19-9-5-4-8-18(19)23-13-22-17/h1-13,24H. The lowest BCUT2D eigenvalue weighted by Gasteiger charge is -2.05. The van der Waals surface area contributed by atoms with Gasteiger partial charge in [0.2, 0.25) is 0 Å². The summed E-state index contributed by atoms with van der Waals surface area (Å²) in [7, 11) is 0. The summed E-state index contributed by atoms with van der Waals surface area (Å²) in [6.45, 7) is 0. The Morgan fingerprint density at radius 1 is 0.750 bits per heavy atom. The zero-order chi connectivity index (χ0) is 16.4. The quantitative estimate of drug-likeness (QED) is 0.496. The van der Waals surface area contributed by atoms with E-state index in [0.29, 0.717) is 5.02 Å². The number of nitrogens with one attached hydrogen (secondary N) is 1. The number of H-pyrrole nitrogens is 1. The monoisotopic (exact) mass is 331 g/mol. The van der Waals surface area contributed by atoms with Gasteiger partial charge in [0, 0.05) is 10.4 Å². The van der Waals surface area contributed by atoms with Gasteiger partial charge in [0.1, 0.15) is 6.33 Å². The molecule has 0 aliphatic heterocycles. The molecule has 4 rings (SSSR count). The molecule has 0 aliphatic rings. The van der Waals surface area contributed by atoms with Crippen molar-refractivity contribution >= 4 is 33.5 Å². The highest BCUT2D eigenvalue weighted by atomic mass is 35.5. The molecule has 0 saturated carbocycles. The summed E-state index contributed by atoms with van der Waals surface area (Å²) in [5, 5.41) is 1.61. The number of aromatic nitrogens is 3. The predicted octanol–water partition coefficient (Wildman–Crippen LogP) is 5.56. The van der Waals surface area contributed by atoms with Crippen LogP contribution in [-0.4, -0.2) is 15.0 Å². The van der Waals surface area contributed by atoms with Crippen LogP contribution >= 0.6 is 11.6 Å². The number of nitrogens with zero attached hydrogens (tertiary/aromatic N) is 2. The summed E-state index contributed by atoms with van der Waals surface area (Å²) in [5.41, 5.74) is 4.61. The highest BCUT2D eigenvalue weighted by molar-refractivity contribution is 6.31. The fourth-order valence-corrected chi connectivity index (χ4v) is 2.87. The van der Waals surface area contributed by atoms with Crippen molar-refractivity contribution in [1.29, 1.82) is 0 Å². The van der Waals surface area contributed by atoms with Crippen LogP contribution in [0.1, 0.15) is 0 Å². The fourth-order valence-electron chi connectivity index (χ4n) is 2.70. The van der Waals surface area contributed by atoms with Crippen LogP contribution in [0.3, 0.4) is 0 Å². The Balaban J connectivity index is 2.23. The zero-order valence-electron chi connectivity index (χ0n) is 12.8. The first-order valence-electron chi connectivity index (χ1n) is 7.63. The Morgan fingerprint density at radius 2 is 1.50 bits per heavy atom. The third-order valence-corrected chi connectivity index (χ3v) is 4.08. The van der Waals surface area contributed by atoms with Crippen LogP contribution in [0.25, 0.3) is 33.2 Å². The average Bonchev–Trinajstić information content (AvgIpc) is 2.70. The van der Waals surface area contributed by atoms with Gasteiger partial charge in [-0.2, -0.15) is 0 Å². The molecule has 4 heteroatoms. The van der Waals surface area contributed by atoms with Gasteiger partial charge >= 0.3 is 0 Å². The van der Waals surface area contributed by atoms with E-state index in [1.165, 1.54) is 0 Å². The lowest BCUT2D eigenvalue weighted by atomic mass is 10.1. The number of rotatable bonds is 1. The van der Waals surface area contributed by atoms with Crippen molar-refractivity contribution in [3.8, 4) is 11.3 Å². The summed E-state index contributed by atoms with van der Waals surface area (Å²) in [6, 6.07) is 23.7. The molecule has 1 N–H and O–H groups in total. The number of benzene rings is 3. The second-order valence-corrected chi connectivity index (χ2v) is 5.85. The lowest BCUT2D eigenvalue weighted by Crippen LogP contribution is -1.85. The van der Waals surface area contributed by atoms with Gasteiger partial charge < -0.3 is 4.98 Å². The Kier molecular flexibility index (Phi) is 3.85. The Morgan fingerprint density at radius 3 is 2.38 bits per heavy atom. The van der Waals surface area contributed by atoms with Crippen molar-refractivity contribution in [3.05, 3.63) is 84.1 Å². The van der Waals surface area contributed by atoms with E-state index in [2.05, 4.69) is 27.1 Å². The molecule has 0 saturated heterocycles. The van der Waals surface area contributed by atoms with Crippen LogP contribution < -0.4 is 0 Å². The van der Waals surface area contributed by atoms with Gasteiger partial charge in [-0.3, -0.25) is 0 Å². The maximum absolute atomic E-state index is 6.25. The van der Waals surface area contributed by atoms with Crippen molar-refractivity contribution in [1.82, 2.24) is 15.0 Å². The summed E-state index contributed by atoms with van der Waals surface area (Å²) in [4.78, 5) is 12.5. The van der Waals surface area contributed by atoms with Gasteiger partial charge in [0.05, 0.1) is 22.2 Å². The summed E-state index contributed by atoms with van der Waals surface area (Å²) in [5.74, 6) is 0. The van der Waals surface area contributed by atoms with E-state index in [4.69, 9.17) is 11.6 Å². The minimum Gasteiger partial charge on any atom is -0.353 e. The highest BCUT2D eigenvalue weighted by Crippen LogP contribution is 2.27. The largest absolute Gasteiger partial charge is 0.353 e. The van der Waals surface area contributed by atoms with Gasteiger partial charge in [-0.15, -0.1) is 0 Å². The van der Waals surface area contributed by atoms with Crippen LogP contribution in [0.15, 0.2) is 79.1 Å². The molecule has 0 radical (unpaired) electrons. The zero-order valence-corrected chi connectivity index (χ0v) is 13.5. The second kappa shape index (κ2) is 6.30. The Labute approximate surface area is 144 Å². The SMILES string of the molecule is Clc1ccc2ncnc3ccccc3[nH]c(-c3ccccc3)c2c1. The van der Waals surface area contributed by atoms with Crippen LogP contribution in [-0.2, 0) is 0 Å². The fraction of sp³-hybridized carbons (Fsp3) is 0. The Bertz CT molecular complexity index is 1070. The first kappa shape index (κ1) is 14.7. The molecule has 3 aromatic carbocycles. The molecule has 0 fully saturated rings. The number of hydrogen-bond donors (Lipinski definition) is 1. The van der Waals surface area contributed by atoms with E-state index in [9.17, 15) is 0 Å². The molecule has 0 spiro atoms. The predicted molar refractivity (Wildman–Crippen MR) is 99.5 cm³/mol. The molecular weight excluding hydrogens is 318 g/mol. The molecule has 3 nitrogen and oxygen atoms in total. The van der Waals surface area contributed by atoms with E-state index < -0.39 is 0 Å². The van der Waals surface area contributed by atoms with E-state index in [1.54, 1.807) is 6.33 Å². The van der Waals surface area contributed by atoms with Gasteiger partial charge in [0.15, 0.2) is 0 Å². The number of hydrogen-bond acceptors (Lipinski definition) is 2. The van der Waals surface area contributed by atoms with Crippen molar-refractivity contribution in [2.45, 2.75) is 0 Å². The van der Waals surface area contributed by atoms with Gasteiger partial charge in [-0.05, 0) is 35.9 Å². The van der Waals surface area contributed by atoms with Crippen LogP contribution in [0.2, 0.25) is 5.02 Å². The minimum atomic E-state index is 0.670.